The van der Waals surface area contributed by atoms with Gasteiger partial charge in [0.05, 0.1) is 6.61 Å². The summed E-state index contributed by atoms with van der Waals surface area (Å²) in [7, 11) is 0. The molecule has 1 aromatic carbocycles. The molecule has 1 aliphatic heterocycles. The molecule has 0 amide bonds. The molecule has 17 heavy (non-hydrogen) atoms. The van der Waals surface area contributed by atoms with Gasteiger partial charge in [-0.15, -0.1) is 0 Å². The molecule has 0 aromatic heterocycles. The number of halogens is 1. The highest BCUT2D eigenvalue weighted by molar-refractivity contribution is 9.10. The third-order valence-corrected chi connectivity index (χ3v) is 4.24. The highest BCUT2D eigenvalue weighted by atomic mass is 79.9. The van der Waals surface area contributed by atoms with E-state index in [1.54, 1.807) is 0 Å². The van der Waals surface area contributed by atoms with Crippen molar-refractivity contribution in [1.82, 2.24) is 0 Å². The normalized spacial score (nSPS) is 17.5. The van der Waals surface area contributed by atoms with Crippen molar-refractivity contribution in [3.8, 4) is 0 Å². The van der Waals surface area contributed by atoms with Gasteiger partial charge in [-0.2, -0.15) is 0 Å². The Labute approximate surface area is 112 Å². The van der Waals surface area contributed by atoms with Crippen LogP contribution in [-0.2, 0) is 6.61 Å². The first-order valence-corrected chi connectivity index (χ1v) is 7.18. The van der Waals surface area contributed by atoms with Gasteiger partial charge in [0.1, 0.15) is 0 Å². The van der Waals surface area contributed by atoms with Crippen molar-refractivity contribution in [2.75, 3.05) is 18.0 Å². The van der Waals surface area contributed by atoms with Gasteiger partial charge in [-0.05, 0) is 30.9 Å². The van der Waals surface area contributed by atoms with Gasteiger partial charge in [0.15, 0.2) is 0 Å². The Morgan fingerprint density at radius 1 is 1.35 bits per heavy atom. The number of anilines is 1. The fourth-order valence-corrected chi connectivity index (χ4v) is 2.90. The number of aliphatic hydroxyl groups excluding tert-OH is 1. The maximum absolute atomic E-state index is 9.40. The van der Waals surface area contributed by atoms with Gasteiger partial charge in [0.25, 0.3) is 0 Å². The summed E-state index contributed by atoms with van der Waals surface area (Å²) in [5, 5.41) is 9.40. The molecule has 0 bridgehead atoms. The number of aliphatic hydroxyl groups is 1. The minimum Gasteiger partial charge on any atom is -0.392 e. The number of hydrogen-bond acceptors (Lipinski definition) is 2. The fourth-order valence-electron chi connectivity index (χ4n) is 2.55. The van der Waals surface area contributed by atoms with Gasteiger partial charge in [-0.25, -0.2) is 0 Å². The quantitative estimate of drug-likeness (QED) is 0.922. The van der Waals surface area contributed by atoms with Crippen LogP contribution in [0, 0.1) is 5.92 Å². The van der Waals surface area contributed by atoms with Crippen molar-refractivity contribution >= 4 is 21.6 Å². The first kappa shape index (κ1) is 12.9. The summed E-state index contributed by atoms with van der Waals surface area (Å²) in [6.45, 7) is 4.62. The second-order valence-electron chi connectivity index (χ2n) is 4.77. The van der Waals surface area contributed by atoms with Crippen molar-refractivity contribution in [2.45, 2.75) is 32.8 Å². The number of nitrogens with zero attached hydrogens (tertiary/aromatic N) is 1. The molecule has 0 atom stereocenters. The second kappa shape index (κ2) is 5.87. The Hall–Kier alpha value is -0.540. The van der Waals surface area contributed by atoms with Gasteiger partial charge >= 0.3 is 0 Å². The summed E-state index contributed by atoms with van der Waals surface area (Å²) in [6, 6.07) is 6.12. The molecule has 0 aliphatic carbocycles. The lowest BCUT2D eigenvalue weighted by Crippen LogP contribution is -2.34. The first-order valence-electron chi connectivity index (χ1n) is 6.38. The summed E-state index contributed by atoms with van der Waals surface area (Å²) in [4.78, 5) is 2.41. The number of piperidine rings is 1. The maximum atomic E-state index is 9.40. The first-order chi connectivity index (χ1) is 8.24. The molecular formula is C14H20BrNO. The largest absolute Gasteiger partial charge is 0.392 e. The topological polar surface area (TPSA) is 23.5 Å². The third kappa shape index (κ3) is 3.02. The fraction of sp³-hybridized carbons (Fsp3) is 0.571. The molecule has 0 spiro atoms. The van der Waals surface area contributed by atoms with E-state index in [2.05, 4.69) is 33.8 Å². The Morgan fingerprint density at radius 2 is 2.06 bits per heavy atom. The van der Waals surface area contributed by atoms with Crippen LogP contribution in [0.4, 0.5) is 5.69 Å². The highest BCUT2D eigenvalue weighted by Gasteiger charge is 2.19. The highest BCUT2D eigenvalue weighted by Crippen LogP contribution is 2.30. The molecule has 3 heteroatoms. The molecule has 2 rings (SSSR count). The molecule has 1 aromatic rings. The number of hydrogen-bond donors (Lipinski definition) is 1. The van der Waals surface area contributed by atoms with Crippen molar-refractivity contribution in [2.24, 2.45) is 5.92 Å². The predicted octanol–water partition coefficient (Wildman–Crippen LogP) is 3.57. The van der Waals surface area contributed by atoms with Crippen LogP contribution in [0.1, 0.15) is 31.7 Å². The molecule has 94 valence electrons. The lowest BCUT2D eigenvalue weighted by atomic mass is 9.94. The average Bonchev–Trinajstić information content (AvgIpc) is 2.39. The lowest BCUT2D eigenvalue weighted by Gasteiger charge is -2.34. The van der Waals surface area contributed by atoms with Crippen molar-refractivity contribution in [3.63, 3.8) is 0 Å². The minimum absolute atomic E-state index is 0.121. The summed E-state index contributed by atoms with van der Waals surface area (Å²) in [5.41, 5.74) is 2.22. The van der Waals surface area contributed by atoms with E-state index in [0.717, 1.165) is 29.0 Å². The number of rotatable bonds is 3. The monoisotopic (exact) mass is 297 g/mol. The van der Waals surface area contributed by atoms with E-state index in [1.165, 1.54) is 24.9 Å². The van der Waals surface area contributed by atoms with Crippen molar-refractivity contribution < 1.29 is 5.11 Å². The Bertz CT molecular complexity index is 372. The molecule has 0 saturated carbocycles. The van der Waals surface area contributed by atoms with E-state index in [-0.39, 0.29) is 6.61 Å². The van der Waals surface area contributed by atoms with E-state index < -0.39 is 0 Å². The zero-order valence-electron chi connectivity index (χ0n) is 10.3. The zero-order chi connectivity index (χ0) is 12.3. The van der Waals surface area contributed by atoms with Crippen LogP contribution in [0.5, 0.6) is 0 Å². The Kier molecular flexibility index (Phi) is 4.46. The van der Waals surface area contributed by atoms with E-state index in [0.29, 0.717) is 0 Å². The SMILES string of the molecule is CCC1CCN(c2cc(Br)ccc2CO)CC1. The van der Waals surface area contributed by atoms with Crippen LogP contribution in [0.2, 0.25) is 0 Å². The molecule has 1 aliphatic rings. The smallest absolute Gasteiger partial charge is 0.0702 e. The summed E-state index contributed by atoms with van der Waals surface area (Å²) in [5.74, 6) is 0.885. The van der Waals surface area contributed by atoms with E-state index >= 15 is 0 Å². The lowest BCUT2D eigenvalue weighted by molar-refractivity contribution is 0.281. The molecule has 1 fully saturated rings. The molecule has 1 saturated heterocycles. The van der Waals surface area contributed by atoms with Crippen LogP contribution in [0.3, 0.4) is 0 Å². The minimum atomic E-state index is 0.121. The molecule has 1 heterocycles. The van der Waals surface area contributed by atoms with E-state index in [4.69, 9.17) is 0 Å². The summed E-state index contributed by atoms with van der Waals surface area (Å²) in [6.07, 6.45) is 3.83. The van der Waals surface area contributed by atoms with Gasteiger partial charge in [0.2, 0.25) is 0 Å². The standard InChI is InChI=1S/C14H20BrNO/c1-2-11-5-7-16(8-6-11)14-9-13(15)4-3-12(14)10-17/h3-4,9,11,17H,2,5-8,10H2,1H3. The summed E-state index contributed by atoms with van der Waals surface area (Å²) >= 11 is 3.51. The summed E-state index contributed by atoms with van der Waals surface area (Å²) < 4.78 is 1.09. The van der Waals surface area contributed by atoms with Crippen LogP contribution < -0.4 is 4.90 Å². The predicted molar refractivity (Wildman–Crippen MR) is 75.3 cm³/mol. The Morgan fingerprint density at radius 3 is 2.65 bits per heavy atom. The van der Waals surface area contributed by atoms with Crippen LogP contribution in [-0.4, -0.2) is 18.2 Å². The van der Waals surface area contributed by atoms with Gasteiger partial charge in [-0.3, -0.25) is 0 Å². The maximum Gasteiger partial charge on any atom is 0.0702 e. The van der Waals surface area contributed by atoms with Gasteiger partial charge in [-0.1, -0.05) is 35.3 Å². The van der Waals surface area contributed by atoms with Crippen molar-refractivity contribution in [1.29, 1.82) is 0 Å². The van der Waals surface area contributed by atoms with E-state index in [1.807, 2.05) is 12.1 Å². The molecule has 0 radical (unpaired) electrons. The van der Waals surface area contributed by atoms with E-state index in [9.17, 15) is 5.11 Å². The molecule has 2 nitrogen and oxygen atoms in total. The number of benzene rings is 1. The van der Waals surface area contributed by atoms with Crippen LogP contribution in [0.25, 0.3) is 0 Å². The van der Waals surface area contributed by atoms with Crippen LogP contribution >= 0.6 is 15.9 Å². The second-order valence-corrected chi connectivity index (χ2v) is 5.69. The molecular weight excluding hydrogens is 278 g/mol. The molecule has 0 unspecified atom stereocenters. The Balaban J connectivity index is 2.14. The molecule has 1 N–H and O–H groups in total. The van der Waals surface area contributed by atoms with Gasteiger partial charge in [0, 0.05) is 28.8 Å². The zero-order valence-corrected chi connectivity index (χ0v) is 11.9. The van der Waals surface area contributed by atoms with Crippen molar-refractivity contribution in [3.05, 3.63) is 28.2 Å². The average molecular weight is 298 g/mol. The third-order valence-electron chi connectivity index (χ3n) is 3.75. The van der Waals surface area contributed by atoms with Crippen LogP contribution in [0.15, 0.2) is 22.7 Å². The van der Waals surface area contributed by atoms with Gasteiger partial charge < -0.3 is 10.0 Å².